The van der Waals surface area contributed by atoms with Gasteiger partial charge < -0.3 is 10.1 Å². The van der Waals surface area contributed by atoms with Gasteiger partial charge in [-0.05, 0) is 56.6 Å². The summed E-state index contributed by atoms with van der Waals surface area (Å²) in [6, 6.07) is 5.77. The van der Waals surface area contributed by atoms with Crippen molar-refractivity contribution in [3.05, 3.63) is 28.8 Å². The van der Waals surface area contributed by atoms with Gasteiger partial charge in [-0.15, -0.1) is 0 Å². The van der Waals surface area contributed by atoms with E-state index in [1.165, 1.54) is 0 Å². The molecule has 0 heterocycles. The molecule has 0 unspecified atom stereocenters. The molecule has 0 fully saturated rings. The summed E-state index contributed by atoms with van der Waals surface area (Å²) in [5.41, 5.74) is 1.06. The van der Waals surface area contributed by atoms with Gasteiger partial charge in [0.1, 0.15) is 5.75 Å². The molecule has 0 saturated heterocycles. The van der Waals surface area contributed by atoms with Crippen LogP contribution in [0, 0.1) is 6.92 Å². The molecule has 1 aromatic carbocycles. The van der Waals surface area contributed by atoms with Crippen molar-refractivity contribution in [2.75, 3.05) is 19.7 Å². The van der Waals surface area contributed by atoms with Crippen LogP contribution in [-0.2, 0) is 0 Å². The Morgan fingerprint density at radius 1 is 1.31 bits per heavy atom. The van der Waals surface area contributed by atoms with E-state index in [0.29, 0.717) is 0 Å². The number of hydrogen-bond acceptors (Lipinski definition) is 2. The Bertz CT molecular complexity index is 315. The van der Waals surface area contributed by atoms with Gasteiger partial charge in [0.15, 0.2) is 0 Å². The molecule has 0 saturated carbocycles. The SMILES string of the molecule is CCNCCCCOc1ccc(Cl)c(C)c1. The fourth-order valence-corrected chi connectivity index (χ4v) is 1.54. The highest BCUT2D eigenvalue weighted by Crippen LogP contribution is 2.21. The Morgan fingerprint density at radius 3 is 2.81 bits per heavy atom. The summed E-state index contributed by atoms with van der Waals surface area (Å²) in [6.07, 6.45) is 2.23. The molecule has 0 atom stereocenters. The largest absolute Gasteiger partial charge is 0.494 e. The van der Waals surface area contributed by atoms with Crippen LogP contribution in [-0.4, -0.2) is 19.7 Å². The second-order valence-electron chi connectivity index (χ2n) is 3.82. The van der Waals surface area contributed by atoms with Gasteiger partial charge in [-0.25, -0.2) is 0 Å². The highest BCUT2D eigenvalue weighted by atomic mass is 35.5. The summed E-state index contributed by atoms with van der Waals surface area (Å²) in [7, 11) is 0. The summed E-state index contributed by atoms with van der Waals surface area (Å²) in [5, 5.41) is 4.08. The molecule has 0 aromatic heterocycles. The van der Waals surface area contributed by atoms with Crippen LogP contribution >= 0.6 is 11.6 Å². The Hall–Kier alpha value is -0.730. The van der Waals surface area contributed by atoms with Gasteiger partial charge >= 0.3 is 0 Å². The third-order valence-corrected chi connectivity index (χ3v) is 2.82. The van der Waals surface area contributed by atoms with Crippen LogP contribution < -0.4 is 10.1 Å². The first kappa shape index (κ1) is 13.3. The lowest BCUT2D eigenvalue weighted by molar-refractivity contribution is 0.306. The fraction of sp³-hybridized carbons (Fsp3) is 0.538. The number of aryl methyl sites for hydroxylation is 1. The molecule has 0 radical (unpaired) electrons. The molecule has 1 aromatic rings. The first-order valence-corrected chi connectivity index (χ1v) is 6.21. The first-order chi connectivity index (χ1) is 7.74. The van der Waals surface area contributed by atoms with E-state index in [9.17, 15) is 0 Å². The van der Waals surface area contributed by atoms with Crippen LogP contribution in [0.4, 0.5) is 0 Å². The Labute approximate surface area is 103 Å². The third kappa shape index (κ3) is 4.86. The van der Waals surface area contributed by atoms with Crippen LogP contribution in [0.1, 0.15) is 25.3 Å². The minimum absolute atomic E-state index is 0.770. The number of halogens is 1. The summed E-state index contributed by atoms with van der Waals surface area (Å²) in [6.45, 7) is 6.98. The van der Waals surface area contributed by atoms with Gasteiger partial charge in [-0.2, -0.15) is 0 Å². The minimum Gasteiger partial charge on any atom is -0.494 e. The van der Waals surface area contributed by atoms with E-state index in [4.69, 9.17) is 16.3 Å². The zero-order valence-corrected chi connectivity index (χ0v) is 10.8. The van der Waals surface area contributed by atoms with Gasteiger partial charge in [0.05, 0.1) is 6.61 Å². The van der Waals surface area contributed by atoms with Crippen molar-refractivity contribution in [3.63, 3.8) is 0 Å². The van der Waals surface area contributed by atoms with Gasteiger partial charge in [-0.1, -0.05) is 18.5 Å². The van der Waals surface area contributed by atoms with E-state index in [-0.39, 0.29) is 0 Å². The lowest BCUT2D eigenvalue weighted by Gasteiger charge is -2.07. The Kier molecular flexibility index (Phi) is 6.27. The lowest BCUT2D eigenvalue weighted by Crippen LogP contribution is -2.14. The molecule has 90 valence electrons. The molecule has 1 rings (SSSR count). The molecule has 2 nitrogen and oxygen atoms in total. The topological polar surface area (TPSA) is 21.3 Å². The minimum atomic E-state index is 0.770. The predicted octanol–water partition coefficient (Wildman–Crippen LogP) is 3.42. The second-order valence-corrected chi connectivity index (χ2v) is 4.23. The standard InChI is InChI=1S/C13H20ClNO/c1-3-15-8-4-5-9-16-12-6-7-13(14)11(2)10-12/h6-7,10,15H,3-5,8-9H2,1-2H3. The van der Waals surface area contributed by atoms with Crippen molar-refractivity contribution in [3.8, 4) is 5.75 Å². The summed E-state index contributed by atoms with van der Waals surface area (Å²) in [5.74, 6) is 0.908. The van der Waals surface area contributed by atoms with Crippen LogP contribution in [0.15, 0.2) is 18.2 Å². The number of hydrogen-bond donors (Lipinski definition) is 1. The zero-order chi connectivity index (χ0) is 11.8. The summed E-state index contributed by atoms with van der Waals surface area (Å²) >= 11 is 5.94. The van der Waals surface area contributed by atoms with Crippen LogP contribution in [0.25, 0.3) is 0 Å². The van der Waals surface area contributed by atoms with Crippen LogP contribution in [0.5, 0.6) is 5.75 Å². The molecule has 0 aliphatic carbocycles. The molecular formula is C13H20ClNO. The molecule has 0 aliphatic heterocycles. The number of ether oxygens (including phenoxy) is 1. The molecule has 0 bridgehead atoms. The van der Waals surface area contributed by atoms with E-state index < -0.39 is 0 Å². The van der Waals surface area contributed by atoms with E-state index in [1.807, 2.05) is 25.1 Å². The normalized spacial score (nSPS) is 10.4. The second kappa shape index (κ2) is 7.53. The number of nitrogens with one attached hydrogen (secondary N) is 1. The monoisotopic (exact) mass is 241 g/mol. The van der Waals surface area contributed by atoms with Gasteiger partial charge in [0.2, 0.25) is 0 Å². The lowest BCUT2D eigenvalue weighted by atomic mass is 10.2. The zero-order valence-electron chi connectivity index (χ0n) is 10.1. The van der Waals surface area contributed by atoms with E-state index >= 15 is 0 Å². The average molecular weight is 242 g/mol. The van der Waals surface area contributed by atoms with Crippen LogP contribution in [0.2, 0.25) is 5.02 Å². The smallest absolute Gasteiger partial charge is 0.119 e. The van der Waals surface area contributed by atoms with Crippen LogP contribution in [0.3, 0.4) is 0 Å². The van der Waals surface area contributed by atoms with Crippen molar-refractivity contribution in [1.29, 1.82) is 0 Å². The maximum atomic E-state index is 5.94. The molecule has 1 N–H and O–H groups in total. The van der Waals surface area contributed by atoms with Gasteiger partial charge in [-0.3, -0.25) is 0 Å². The van der Waals surface area contributed by atoms with E-state index in [1.54, 1.807) is 0 Å². The van der Waals surface area contributed by atoms with Crippen molar-refractivity contribution < 1.29 is 4.74 Å². The highest BCUT2D eigenvalue weighted by Gasteiger charge is 1.98. The van der Waals surface area contributed by atoms with Crippen molar-refractivity contribution in [1.82, 2.24) is 5.32 Å². The molecule has 3 heteroatoms. The van der Waals surface area contributed by atoms with Gasteiger partial charge in [0, 0.05) is 5.02 Å². The van der Waals surface area contributed by atoms with Crippen molar-refractivity contribution in [2.24, 2.45) is 0 Å². The number of rotatable bonds is 7. The molecule has 0 aliphatic rings. The number of unbranched alkanes of at least 4 members (excludes halogenated alkanes) is 1. The summed E-state index contributed by atoms with van der Waals surface area (Å²) < 4.78 is 5.64. The first-order valence-electron chi connectivity index (χ1n) is 5.83. The fourth-order valence-electron chi connectivity index (χ4n) is 1.43. The third-order valence-electron chi connectivity index (χ3n) is 2.40. The quantitative estimate of drug-likeness (QED) is 0.739. The predicted molar refractivity (Wildman–Crippen MR) is 69.5 cm³/mol. The average Bonchev–Trinajstić information content (AvgIpc) is 2.28. The molecule has 16 heavy (non-hydrogen) atoms. The van der Waals surface area contributed by atoms with Crippen molar-refractivity contribution in [2.45, 2.75) is 26.7 Å². The molecule has 0 spiro atoms. The molecular weight excluding hydrogens is 222 g/mol. The Balaban J connectivity index is 2.19. The van der Waals surface area contributed by atoms with E-state index in [2.05, 4.69) is 12.2 Å². The molecule has 0 amide bonds. The Morgan fingerprint density at radius 2 is 2.12 bits per heavy atom. The highest BCUT2D eigenvalue weighted by molar-refractivity contribution is 6.31. The van der Waals surface area contributed by atoms with Crippen molar-refractivity contribution >= 4 is 11.6 Å². The number of benzene rings is 1. The van der Waals surface area contributed by atoms with E-state index in [0.717, 1.165) is 48.9 Å². The summed E-state index contributed by atoms with van der Waals surface area (Å²) in [4.78, 5) is 0. The maximum Gasteiger partial charge on any atom is 0.119 e. The van der Waals surface area contributed by atoms with Gasteiger partial charge in [0.25, 0.3) is 0 Å². The maximum absolute atomic E-state index is 5.94.